The first-order chi connectivity index (χ1) is 10.0. The van der Waals surface area contributed by atoms with E-state index in [1.807, 2.05) is 13.8 Å². The lowest BCUT2D eigenvalue weighted by atomic mass is 10.2. The summed E-state index contributed by atoms with van der Waals surface area (Å²) in [5.74, 6) is 0.118. The highest BCUT2D eigenvalue weighted by Gasteiger charge is 2.43. The van der Waals surface area contributed by atoms with Gasteiger partial charge in [-0.3, -0.25) is 0 Å². The van der Waals surface area contributed by atoms with Crippen molar-refractivity contribution in [3.63, 3.8) is 0 Å². The predicted molar refractivity (Wildman–Crippen MR) is 87.4 cm³/mol. The van der Waals surface area contributed by atoms with Gasteiger partial charge < -0.3 is 0 Å². The highest BCUT2D eigenvalue weighted by atomic mass is 35.5. The van der Waals surface area contributed by atoms with E-state index < -0.39 is 25.1 Å². The summed E-state index contributed by atoms with van der Waals surface area (Å²) in [6.45, 7) is 5.39. The van der Waals surface area contributed by atoms with Gasteiger partial charge in [0.1, 0.15) is 0 Å². The molecule has 0 radical (unpaired) electrons. The Morgan fingerprint density at radius 2 is 1.82 bits per heavy atom. The number of hydrogen-bond donors (Lipinski definition) is 0. The van der Waals surface area contributed by atoms with E-state index in [0.29, 0.717) is 10.6 Å². The molecule has 1 saturated heterocycles. The highest BCUT2D eigenvalue weighted by Crippen LogP contribution is 2.29. The maximum atomic E-state index is 12.6. The summed E-state index contributed by atoms with van der Waals surface area (Å²) in [6.07, 6.45) is 0. The normalized spacial score (nSPS) is 17.7. The largest absolute Gasteiger partial charge is 0.243 e. The second-order valence-corrected chi connectivity index (χ2v) is 10.7. The Kier molecular flexibility index (Phi) is 4.92. The van der Waals surface area contributed by atoms with Crippen LogP contribution in [0.1, 0.15) is 19.4 Å². The summed E-state index contributed by atoms with van der Waals surface area (Å²) in [5.41, 5.74) is 0.595. The Morgan fingerprint density at radius 3 is 2.36 bits per heavy atom. The van der Waals surface area contributed by atoms with Gasteiger partial charge >= 0.3 is 0 Å². The van der Waals surface area contributed by atoms with Crippen LogP contribution in [0.4, 0.5) is 0 Å². The number of hydrogen-bond acceptors (Lipinski definition) is 4. The number of aryl methyl sites for hydroxylation is 1. The monoisotopic (exact) mass is 365 g/mol. The second kappa shape index (κ2) is 6.11. The Labute approximate surface area is 137 Å². The molecule has 1 aromatic rings. The van der Waals surface area contributed by atoms with E-state index in [9.17, 15) is 16.8 Å². The number of sulfone groups is 1. The average Bonchev–Trinajstić information content (AvgIpc) is 2.27. The van der Waals surface area contributed by atoms with Crippen molar-refractivity contribution >= 4 is 31.5 Å². The Balaban J connectivity index is 2.17. The fourth-order valence-corrected chi connectivity index (χ4v) is 6.64. The molecule has 0 amide bonds. The number of benzene rings is 1. The van der Waals surface area contributed by atoms with E-state index in [1.165, 1.54) is 10.4 Å². The van der Waals surface area contributed by atoms with E-state index >= 15 is 0 Å². The van der Waals surface area contributed by atoms with Crippen molar-refractivity contribution in [1.29, 1.82) is 0 Å². The summed E-state index contributed by atoms with van der Waals surface area (Å²) >= 11 is 5.87. The van der Waals surface area contributed by atoms with Crippen molar-refractivity contribution in [1.82, 2.24) is 4.31 Å². The molecular weight excluding hydrogens is 346 g/mol. The van der Waals surface area contributed by atoms with Crippen LogP contribution in [0, 0.1) is 12.8 Å². The molecule has 0 N–H and O–H groups in total. The van der Waals surface area contributed by atoms with Crippen LogP contribution >= 0.6 is 11.6 Å². The summed E-state index contributed by atoms with van der Waals surface area (Å²) in [7, 11) is -6.94. The van der Waals surface area contributed by atoms with Gasteiger partial charge in [0.15, 0.2) is 9.84 Å². The molecule has 0 aliphatic carbocycles. The van der Waals surface area contributed by atoms with Gasteiger partial charge in [-0.2, -0.15) is 4.31 Å². The molecule has 1 aliphatic rings. The lowest BCUT2D eigenvalue weighted by molar-refractivity contribution is 0.309. The topological polar surface area (TPSA) is 71.5 Å². The quantitative estimate of drug-likeness (QED) is 0.801. The van der Waals surface area contributed by atoms with E-state index in [-0.39, 0.29) is 29.7 Å². The Hall–Kier alpha value is -0.630. The predicted octanol–water partition coefficient (Wildman–Crippen LogP) is 2.09. The third kappa shape index (κ3) is 3.48. The first-order valence-corrected chi connectivity index (χ1v) is 10.6. The van der Waals surface area contributed by atoms with Crippen molar-refractivity contribution in [3.8, 4) is 0 Å². The van der Waals surface area contributed by atoms with Crippen molar-refractivity contribution in [2.45, 2.75) is 30.9 Å². The fourth-order valence-electron chi connectivity index (χ4n) is 2.42. The number of nitrogens with zero attached hydrogens (tertiary/aromatic N) is 1. The Morgan fingerprint density at radius 1 is 1.23 bits per heavy atom. The van der Waals surface area contributed by atoms with E-state index in [0.717, 1.165) is 0 Å². The van der Waals surface area contributed by atoms with Crippen molar-refractivity contribution in [2.24, 2.45) is 5.92 Å². The third-order valence-electron chi connectivity index (χ3n) is 3.66. The van der Waals surface area contributed by atoms with Gasteiger partial charge in [-0.1, -0.05) is 31.5 Å². The maximum Gasteiger partial charge on any atom is 0.243 e. The first-order valence-electron chi connectivity index (χ1n) is 7.02. The zero-order valence-electron chi connectivity index (χ0n) is 12.8. The standard InChI is InChI=1S/C14H20ClNO4S2/c1-10(2)9-21(17,18)13-7-16(8-13)22(19,20)14-6-12(15)5-4-11(14)3/h4-6,10,13H,7-9H2,1-3H3. The third-order valence-corrected chi connectivity index (χ3v) is 8.31. The summed E-state index contributed by atoms with van der Waals surface area (Å²) in [5, 5.41) is -0.266. The molecule has 1 aliphatic heterocycles. The minimum Gasteiger partial charge on any atom is -0.228 e. The summed E-state index contributed by atoms with van der Waals surface area (Å²) in [6, 6.07) is 4.67. The van der Waals surface area contributed by atoms with E-state index in [2.05, 4.69) is 0 Å². The minimum atomic E-state index is -3.69. The van der Waals surface area contributed by atoms with Gasteiger partial charge in [-0.25, -0.2) is 16.8 Å². The van der Waals surface area contributed by atoms with Crippen LogP contribution in [-0.2, 0) is 19.9 Å². The van der Waals surface area contributed by atoms with Gasteiger partial charge in [-0.05, 0) is 30.5 Å². The maximum absolute atomic E-state index is 12.6. The first kappa shape index (κ1) is 17.7. The van der Waals surface area contributed by atoms with Crippen LogP contribution in [0.5, 0.6) is 0 Å². The molecule has 0 saturated carbocycles. The number of halogens is 1. The van der Waals surface area contributed by atoms with Gasteiger partial charge in [0.05, 0.1) is 15.9 Å². The average molecular weight is 366 g/mol. The number of sulfonamides is 1. The van der Waals surface area contributed by atoms with Crippen molar-refractivity contribution in [3.05, 3.63) is 28.8 Å². The van der Waals surface area contributed by atoms with Gasteiger partial charge in [0, 0.05) is 18.1 Å². The molecule has 2 rings (SSSR count). The molecule has 1 aromatic carbocycles. The van der Waals surface area contributed by atoms with Crippen molar-refractivity contribution < 1.29 is 16.8 Å². The lowest BCUT2D eigenvalue weighted by Crippen LogP contribution is -2.57. The molecule has 1 fully saturated rings. The zero-order valence-corrected chi connectivity index (χ0v) is 15.2. The smallest absolute Gasteiger partial charge is 0.228 e. The summed E-state index contributed by atoms with van der Waals surface area (Å²) < 4.78 is 50.5. The second-order valence-electron chi connectivity index (χ2n) is 6.08. The van der Waals surface area contributed by atoms with Crippen LogP contribution in [0.15, 0.2) is 23.1 Å². The van der Waals surface area contributed by atoms with Crippen LogP contribution in [-0.4, -0.2) is 45.2 Å². The Bertz CT molecular complexity index is 766. The van der Waals surface area contributed by atoms with Gasteiger partial charge in [0.25, 0.3) is 0 Å². The molecule has 0 aromatic heterocycles. The SMILES string of the molecule is Cc1ccc(Cl)cc1S(=O)(=O)N1CC(S(=O)(=O)CC(C)C)C1. The molecule has 1 heterocycles. The molecular formula is C14H20ClNO4S2. The molecule has 0 bridgehead atoms. The molecule has 0 spiro atoms. The molecule has 5 nitrogen and oxygen atoms in total. The van der Waals surface area contributed by atoms with Gasteiger partial charge in [-0.15, -0.1) is 0 Å². The zero-order chi connectivity index (χ0) is 16.7. The van der Waals surface area contributed by atoms with E-state index in [4.69, 9.17) is 11.6 Å². The van der Waals surface area contributed by atoms with Crippen LogP contribution in [0.25, 0.3) is 0 Å². The van der Waals surface area contributed by atoms with E-state index in [1.54, 1.807) is 19.1 Å². The van der Waals surface area contributed by atoms with Gasteiger partial charge in [0.2, 0.25) is 10.0 Å². The lowest BCUT2D eigenvalue weighted by Gasteiger charge is -2.38. The fraction of sp³-hybridized carbons (Fsp3) is 0.571. The molecule has 0 atom stereocenters. The molecule has 124 valence electrons. The summed E-state index contributed by atoms with van der Waals surface area (Å²) in [4.78, 5) is 0.139. The van der Waals surface area contributed by atoms with Crippen molar-refractivity contribution in [2.75, 3.05) is 18.8 Å². The number of rotatable bonds is 5. The molecule has 0 unspecified atom stereocenters. The van der Waals surface area contributed by atoms with Crippen LogP contribution in [0.2, 0.25) is 5.02 Å². The molecule has 8 heteroatoms. The van der Waals surface area contributed by atoms with Crippen LogP contribution in [0.3, 0.4) is 0 Å². The van der Waals surface area contributed by atoms with Crippen LogP contribution < -0.4 is 0 Å². The molecule has 22 heavy (non-hydrogen) atoms. The highest BCUT2D eigenvalue weighted by molar-refractivity contribution is 7.92. The minimum absolute atomic E-state index is 0.0172.